The fourth-order valence-electron chi connectivity index (χ4n) is 12.7. The van der Waals surface area contributed by atoms with E-state index in [1.807, 2.05) is 6.07 Å². The monoisotopic (exact) mass is 981 g/mol. The molecule has 0 spiro atoms. The Morgan fingerprint density at radius 2 is 0.987 bits per heavy atom. The minimum absolute atomic E-state index is 0.0558. The zero-order valence-electron chi connectivity index (χ0n) is 44.6. The summed E-state index contributed by atoms with van der Waals surface area (Å²) in [6.07, 6.45) is 0. The highest BCUT2D eigenvalue weighted by molar-refractivity contribution is 7.00. The second kappa shape index (κ2) is 16.7. The highest BCUT2D eigenvalue weighted by Crippen LogP contribution is 2.53. The summed E-state index contributed by atoms with van der Waals surface area (Å²) in [4.78, 5) is 7.60. The third-order valence-corrected chi connectivity index (χ3v) is 16.7. The van der Waals surface area contributed by atoms with Crippen LogP contribution in [0.5, 0.6) is 0 Å². The Bertz CT molecular complexity index is 4080. The predicted octanol–water partition coefficient (Wildman–Crippen LogP) is 17.7. The lowest BCUT2D eigenvalue weighted by Gasteiger charge is -2.45. The number of hydrogen-bond donors (Lipinski definition) is 0. The van der Waals surface area contributed by atoms with E-state index in [2.05, 4.69) is 282 Å². The fourth-order valence-corrected chi connectivity index (χ4v) is 12.7. The molecule has 0 saturated heterocycles. The van der Waals surface area contributed by atoms with Crippen molar-refractivity contribution in [3.05, 3.63) is 241 Å². The highest BCUT2D eigenvalue weighted by Gasteiger charge is 2.45. The van der Waals surface area contributed by atoms with E-state index in [9.17, 15) is 0 Å². The molecular weight excluding hydrogens is 922 g/mol. The van der Waals surface area contributed by atoms with Crippen molar-refractivity contribution in [1.29, 1.82) is 0 Å². The van der Waals surface area contributed by atoms with Crippen molar-refractivity contribution in [2.45, 2.75) is 71.6 Å². The van der Waals surface area contributed by atoms with Crippen LogP contribution in [0.15, 0.2) is 223 Å². The van der Waals surface area contributed by atoms with Gasteiger partial charge in [-0.1, -0.05) is 183 Å². The molecular formula is C71H60BN3O. The Kier molecular flexibility index (Phi) is 10.1. The van der Waals surface area contributed by atoms with E-state index in [1.165, 1.54) is 66.8 Å². The molecule has 0 radical (unpaired) electrons. The average Bonchev–Trinajstić information content (AvgIpc) is 3.98. The van der Waals surface area contributed by atoms with E-state index in [-0.39, 0.29) is 23.0 Å². The number of nitrogens with zero attached hydrogens (tertiary/aromatic N) is 3. The zero-order valence-corrected chi connectivity index (χ0v) is 44.6. The van der Waals surface area contributed by atoms with Crippen molar-refractivity contribution in [2.75, 3.05) is 14.7 Å². The highest BCUT2D eigenvalue weighted by atomic mass is 16.3. The first-order valence-corrected chi connectivity index (χ1v) is 26.9. The molecule has 3 heterocycles. The first-order chi connectivity index (χ1) is 36.7. The smallest absolute Gasteiger partial charge is 0.252 e. The van der Waals surface area contributed by atoms with Crippen LogP contribution in [-0.2, 0) is 16.2 Å². The average molecular weight is 982 g/mol. The molecule has 1 aliphatic carbocycles. The van der Waals surface area contributed by atoms with E-state index in [0.29, 0.717) is 0 Å². The lowest BCUT2D eigenvalue weighted by molar-refractivity contribution is 0.590. The zero-order chi connectivity index (χ0) is 51.8. The van der Waals surface area contributed by atoms with Crippen LogP contribution in [-0.4, -0.2) is 6.71 Å². The number of hydrogen-bond acceptors (Lipinski definition) is 4. The molecule has 11 aromatic rings. The summed E-state index contributed by atoms with van der Waals surface area (Å²) < 4.78 is 6.40. The van der Waals surface area contributed by atoms with Crippen LogP contribution in [0.3, 0.4) is 0 Å². The maximum Gasteiger partial charge on any atom is 0.252 e. The van der Waals surface area contributed by atoms with Crippen molar-refractivity contribution in [1.82, 2.24) is 0 Å². The topological polar surface area (TPSA) is 22.9 Å². The van der Waals surface area contributed by atoms with Gasteiger partial charge in [0, 0.05) is 61.7 Å². The van der Waals surface area contributed by atoms with E-state index in [4.69, 9.17) is 4.42 Å². The van der Waals surface area contributed by atoms with Gasteiger partial charge in [0.15, 0.2) is 0 Å². The maximum absolute atomic E-state index is 6.40. The third kappa shape index (κ3) is 7.12. The second-order valence-corrected chi connectivity index (χ2v) is 23.8. The largest absolute Gasteiger partial charge is 0.456 e. The molecule has 3 aliphatic rings. The van der Waals surface area contributed by atoms with E-state index in [1.54, 1.807) is 0 Å². The van der Waals surface area contributed by atoms with Crippen molar-refractivity contribution in [3.63, 3.8) is 0 Å². The molecule has 14 rings (SSSR count). The molecule has 368 valence electrons. The van der Waals surface area contributed by atoms with Gasteiger partial charge in [0.05, 0.1) is 5.69 Å². The standard InChI is InChI=1S/C71H60BN3O/c1-69(2,3)47-31-38-62-61(40-47)72-60-37-30-48(70(4,5)6)41-63(60)75(52-34-36-55-54-23-15-17-25-58(54)71(7,8)59(55)42-52)65-44-53(73(49-19-11-9-12-20-49)50-21-13-10-14-22-50)43-64(68(65)72)74(62)51-32-27-45(28-33-51)46-29-35-57-56-24-16-18-26-66(56)76-67(57)39-46/h9-44H,1-8H3. The van der Waals surface area contributed by atoms with Crippen LogP contribution in [0.4, 0.5) is 51.2 Å². The van der Waals surface area contributed by atoms with Crippen LogP contribution >= 0.6 is 0 Å². The van der Waals surface area contributed by atoms with Gasteiger partial charge in [0.2, 0.25) is 0 Å². The number of para-hydroxylation sites is 3. The van der Waals surface area contributed by atoms with E-state index in [0.717, 1.165) is 67.2 Å². The predicted molar refractivity (Wildman–Crippen MR) is 323 cm³/mol. The molecule has 10 aromatic carbocycles. The molecule has 0 fully saturated rings. The molecule has 0 bridgehead atoms. The summed E-state index contributed by atoms with van der Waals surface area (Å²) in [5.41, 5.74) is 25.9. The normalized spacial score (nSPS) is 14.1. The van der Waals surface area contributed by atoms with Gasteiger partial charge in [-0.2, -0.15) is 0 Å². The minimum Gasteiger partial charge on any atom is -0.456 e. The van der Waals surface area contributed by atoms with Crippen molar-refractivity contribution >= 4 is 96.2 Å². The van der Waals surface area contributed by atoms with Crippen LogP contribution in [0.1, 0.15) is 77.6 Å². The first-order valence-electron chi connectivity index (χ1n) is 26.9. The second-order valence-electron chi connectivity index (χ2n) is 23.8. The summed E-state index contributed by atoms with van der Waals surface area (Å²) >= 11 is 0. The first kappa shape index (κ1) is 46.0. The van der Waals surface area contributed by atoms with Crippen LogP contribution in [0.25, 0.3) is 44.2 Å². The van der Waals surface area contributed by atoms with Gasteiger partial charge in [0.1, 0.15) is 11.2 Å². The molecule has 2 aliphatic heterocycles. The van der Waals surface area contributed by atoms with Crippen LogP contribution < -0.4 is 31.1 Å². The van der Waals surface area contributed by atoms with E-state index >= 15 is 0 Å². The van der Waals surface area contributed by atoms with Gasteiger partial charge >= 0.3 is 0 Å². The van der Waals surface area contributed by atoms with Gasteiger partial charge in [-0.25, -0.2) is 0 Å². The molecule has 76 heavy (non-hydrogen) atoms. The Balaban J connectivity index is 1.05. The Labute approximate surface area is 447 Å². The quantitative estimate of drug-likeness (QED) is 0.155. The van der Waals surface area contributed by atoms with Crippen LogP contribution in [0, 0.1) is 0 Å². The fraction of sp³-hybridized carbons (Fsp3) is 0.155. The minimum atomic E-state index is -0.182. The van der Waals surface area contributed by atoms with Crippen molar-refractivity contribution < 1.29 is 4.42 Å². The Morgan fingerprint density at radius 3 is 1.70 bits per heavy atom. The van der Waals surface area contributed by atoms with Crippen molar-refractivity contribution in [3.8, 4) is 22.3 Å². The van der Waals surface area contributed by atoms with Gasteiger partial charge in [-0.05, 0) is 163 Å². The van der Waals surface area contributed by atoms with Gasteiger partial charge in [0.25, 0.3) is 6.71 Å². The third-order valence-electron chi connectivity index (χ3n) is 16.7. The number of fused-ring (bicyclic) bond motifs is 10. The van der Waals surface area contributed by atoms with Gasteiger partial charge in [-0.3, -0.25) is 0 Å². The van der Waals surface area contributed by atoms with E-state index < -0.39 is 0 Å². The molecule has 0 atom stereocenters. The lowest BCUT2D eigenvalue weighted by Crippen LogP contribution is -2.61. The van der Waals surface area contributed by atoms with Crippen LogP contribution in [0.2, 0.25) is 0 Å². The number of furan rings is 1. The maximum atomic E-state index is 6.40. The molecule has 0 amide bonds. The number of benzene rings is 10. The Hall–Kier alpha value is -8.54. The molecule has 0 unspecified atom stereocenters. The molecule has 0 N–H and O–H groups in total. The van der Waals surface area contributed by atoms with Crippen molar-refractivity contribution in [2.24, 2.45) is 0 Å². The SMILES string of the molecule is CC(C)(C)c1ccc2c(c1)B1c3ccc(C(C)(C)C)cc3N(c3ccc4c(c3)C(C)(C)c3ccccc3-4)c3cc(N(c4ccccc4)c4ccccc4)cc(c31)N2c1ccc(-c2ccc3c(c2)oc2ccccc23)cc1. The molecule has 4 nitrogen and oxygen atoms in total. The lowest BCUT2D eigenvalue weighted by atomic mass is 9.33. The van der Waals surface area contributed by atoms with Gasteiger partial charge in [-0.15, -0.1) is 0 Å². The number of anilines is 9. The number of rotatable bonds is 6. The Morgan fingerprint density at radius 1 is 0.408 bits per heavy atom. The molecule has 0 saturated carbocycles. The summed E-state index contributed by atoms with van der Waals surface area (Å²) in [6.45, 7) is 18.8. The molecule has 1 aromatic heterocycles. The summed E-state index contributed by atoms with van der Waals surface area (Å²) in [7, 11) is 0. The summed E-state index contributed by atoms with van der Waals surface area (Å²) in [6, 6.07) is 81.7. The summed E-state index contributed by atoms with van der Waals surface area (Å²) in [5.74, 6) is 0. The summed E-state index contributed by atoms with van der Waals surface area (Å²) in [5, 5.41) is 2.27. The molecule has 5 heteroatoms. The van der Waals surface area contributed by atoms with Gasteiger partial charge < -0.3 is 19.1 Å².